The Bertz CT molecular complexity index is 432. The zero-order chi connectivity index (χ0) is 13.4. The molecule has 0 aliphatic heterocycles. The maximum absolute atomic E-state index is 11.2. The zero-order valence-electron chi connectivity index (χ0n) is 10.2. The van der Waals surface area contributed by atoms with Crippen LogP contribution in [0.2, 0.25) is 0 Å². The summed E-state index contributed by atoms with van der Waals surface area (Å²) in [6, 6.07) is 18.0. The lowest BCUT2D eigenvalue weighted by Gasteiger charge is -2.18. The van der Waals surface area contributed by atoms with Gasteiger partial charge in [0.15, 0.2) is 0 Å². The highest BCUT2D eigenvalue weighted by atomic mass is 16.4. The molecular weight excluding hydrogens is 228 g/mol. The number of carboxylic acid groups (broad SMARTS) is 1. The van der Waals surface area contributed by atoms with Gasteiger partial charge in [0, 0.05) is 0 Å². The first-order valence-electron chi connectivity index (χ1n) is 5.50. The molecule has 0 unspecified atom stereocenters. The Hall–Kier alpha value is -2.33. The van der Waals surface area contributed by atoms with E-state index in [1.807, 2.05) is 36.4 Å². The Labute approximate surface area is 106 Å². The minimum absolute atomic E-state index is 0.640. The van der Waals surface area contributed by atoms with E-state index in [9.17, 15) is 9.90 Å². The summed E-state index contributed by atoms with van der Waals surface area (Å²) in [4.78, 5) is 12.5. The number of rotatable bonds is 2. The minimum atomic E-state index is -0.989. The first kappa shape index (κ1) is 13.7. The van der Waals surface area contributed by atoms with Gasteiger partial charge in [0.1, 0.15) is 0 Å². The quantitative estimate of drug-likeness (QED) is 0.853. The molecule has 0 radical (unpaired) electrons. The first-order chi connectivity index (χ1) is 8.79. The second-order valence-electron chi connectivity index (χ2n) is 3.29. The Morgan fingerprint density at radius 2 is 1.22 bits per heavy atom. The van der Waals surface area contributed by atoms with Crippen LogP contribution in [0.25, 0.3) is 0 Å². The summed E-state index contributed by atoms with van der Waals surface area (Å²) in [6.07, 6.45) is -0.989. The van der Waals surface area contributed by atoms with Crippen LogP contribution in [0, 0.1) is 0 Å². The fourth-order valence-electron chi connectivity index (χ4n) is 1.52. The van der Waals surface area contributed by atoms with Gasteiger partial charge >= 0.3 is 6.09 Å². The molecule has 0 bridgehead atoms. The van der Waals surface area contributed by atoms with E-state index in [1.54, 1.807) is 24.3 Å². The van der Waals surface area contributed by atoms with E-state index in [2.05, 4.69) is 5.73 Å². The van der Waals surface area contributed by atoms with Crippen molar-refractivity contribution in [2.45, 2.75) is 0 Å². The van der Waals surface area contributed by atoms with Gasteiger partial charge in [-0.05, 0) is 31.3 Å². The third-order valence-electron chi connectivity index (χ3n) is 2.22. The lowest BCUT2D eigenvalue weighted by atomic mass is 10.2. The number of para-hydroxylation sites is 2. The molecule has 4 nitrogen and oxygen atoms in total. The second-order valence-corrected chi connectivity index (χ2v) is 3.29. The van der Waals surface area contributed by atoms with Crippen LogP contribution in [-0.2, 0) is 0 Å². The van der Waals surface area contributed by atoms with Crippen LogP contribution >= 0.6 is 0 Å². The largest absolute Gasteiger partial charge is 0.464 e. The van der Waals surface area contributed by atoms with Crippen molar-refractivity contribution in [3.05, 3.63) is 60.7 Å². The topological polar surface area (TPSA) is 66.6 Å². The van der Waals surface area contributed by atoms with Crippen LogP contribution in [0.15, 0.2) is 60.7 Å². The van der Waals surface area contributed by atoms with Gasteiger partial charge in [0.05, 0.1) is 11.4 Å². The molecule has 4 heteroatoms. The van der Waals surface area contributed by atoms with Gasteiger partial charge in [-0.3, -0.25) is 0 Å². The van der Waals surface area contributed by atoms with Crippen molar-refractivity contribution in [2.24, 2.45) is 5.73 Å². The van der Waals surface area contributed by atoms with Gasteiger partial charge in [0.25, 0.3) is 0 Å². The number of nitrogens with zero attached hydrogens (tertiary/aromatic N) is 1. The molecule has 0 saturated carbocycles. The monoisotopic (exact) mass is 244 g/mol. The third kappa shape index (κ3) is 3.33. The molecule has 0 heterocycles. The van der Waals surface area contributed by atoms with Gasteiger partial charge < -0.3 is 10.8 Å². The Morgan fingerprint density at radius 3 is 1.50 bits per heavy atom. The Morgan fingerprint density at radius 1 is 0.889 bits per heavy atom. The molecule has 0 fully saturated rings. The molecule has 2 rings (SSSR count). The highest BCUT2D eigenvalue weighted by Gasteiger charge is 2.15. The Balaban J connectivity index is 0.000000771. The van der Waals surface area contributed by atoms with Crippen molar-refractivity contribution < 1.29 is 9.90 Å². The molecule has 0 aromatic heterocycles. The second kappa shape index (κ2) is 7.09. The van der Waals surface area contributed by atoms with E-state index in [1.165, 1.54) is 11.9 Å². The van der Waals surface area contributed by atoms with Crippen LogP contribution in [0.5, 0.6) is 0 Å². The van der Waals surface area contributed by atoms with Crippen LogP contribution in [0.3, 0.4) is 0 Å². The predicted octanol–water partition coefficient (Wildman–Crippen LogP) is 3.08. The standard InChI is InChI=1S/C13H11NO2.CH5N/c15-13(16)14(11-7-3-1-4-8-11)12-9-5-2-6-10-12;1-2/h1-10H,(H,15,16);2H2,1H3. The maximum atomic E-state index is 11.2. The van der Waals surface area contributed by atoms with Gasteiger partial charge in [-0.25, -0.2) is 9.69 Å². The highest BCUT2D eigenvalue weighted by Crippen LogP contribution is 2.24. The lowest BCUT2D eigenvalue weighted by molar-refractivity contribution is 0.205. The van der Waals surface area contributed by atoms with Crippen LogP contribution in [0.4, 0.5) is 16.2 Å². The van der Waals surface area contributed by atoms with Crippen molar-refractivity contribution in [2.75, 3.05) is 11.9 Å². The number of hydrogen-bond donors (Lipinski definition) is 2. The molecular formula is C14H16N2O2. The maximum Gasteiger partial charge on any atom is 0.416 e. The molecule has 94 valence electrons. The predicted molar refractivity (Wildman–Crippen MR) is 73.2 cm³/mol. The van der Waals surface area contributed by atoms with Gasteiger partial charge in [-0.2, -0.15) is 0 Å². The third-order valence-corrected chi connectivity index (χ3v) is 2.22. The summed E-state index contributed by atoms with van der Waals surface area (Å²) in [5.74, 6) is 0. The molecule has 18 heavy (non-hydrogen) atoms. The summed E-state index contributed by atoms with van der Waals surface area (Å²) < 4.78 is 0. The van der Waals surface area contributed by atoms with E-state index >= 15 is 0 Å². The van der Waals surface area contributed by atoms with E-state index in [4.69, 9.17) is 0 Å². The number of benzene rings is 2. The molecule has 2 aromatic carbocycles. The zero-order valence-corrected chi connectivity index (χ0v) is 10.2. The minimum Gasteiger partial charge on any atom is -0.464 e. The molecule has 0 saturated heterocycles. The van der Waals surface area contributed by atoms with E-state index in [0.717, 1.165) is 0 Å². The van der Waals surface area contributed by atoms with Crippen LogP contribution < -0.4 is 10.6 Å². The molecule has 0 aliphatic rings. The fraction of sp³-hybridized carbons (Fsp3) is 0.0714. The van der Waals surface area contributed by atoms with E-state index in [0.29, 0.717) is 11.4 Å². The van der Waals surface area contributed by atoms with E-state index < -0.39 is 6.09 Å². The molecule has 1 amide bonds. The van der Waals surface area contributed by atoms with Gasteiger partial charge in [0.2, 0.25) is 0 Å². The lowest BCUT2D eigenvalue weighted by Crippen LogP contribution is -2.23. The summed E-state index contributed by atoms with van der Waals surface area (Å²) in [5, 5.41) is 9.21. The van der Waals surface area contributed by atoms with Crippen LogP contribution in [0.1, 0.15) is 0 Å². The normalized spacial score (nSPS) is 9.00. The van der Waals surface area contributed by atoms with Crippen molar-refractivity contribution in [3.8, 4) is 0 Å². The first-order valence-corrected chi connectivity index (χ1v) is 5.50. The molecule has 3 N–H and O–H groups in total. The average Bonchev–Trinajstić information content (AvgIpc) is 2.43. The number of hydrogen-bond acceptors (Lipinski definition) is 2. The number of nitrogens with two attached hydrogens (primary N) is 1. The number of carbonyl (C=O) groups is 1. The van der Waals surface area contributed by atoms with E-state index in [-0.39, 0.29) is 0 Å². The van der Waals surface area contributed by atoms with Gasteiger partial charge in [-0.15, -0.1) is 0 Å². The van der Waals surface area contributed by atoms with Gasteiger partial charge in [-0.1, -0.05) is 36.4 Å². The van der Waals surface area contributed by atoms with Crippen molar-refractivity contribution in [1.29, 1.82) is 0 Å². The summed E-state index contributed by atoms with van der Waals surface area (Å²) in [5.41, 5.74) is 5.78. The smallest absolute Gasteiger partial charge is 0.416 e. The Kier molecular flexibility index (Phi) is 5.41. The van der Waals surface area contributed by atoms with Crippen LogP contribution in [-0.4, -0.2) is 18.2 Å². The molecule has 0 atom stereocenters. The molecule has 0 aliphatic carbocycles. The molecule has 2 aromatic rings. The van der Waals surface area contributed by atoms with Crippen molar-refractivity contribution in [3.63, 3.8) is 0 Å². The summed E-state index contributed by atoms with van der Waals surface area (Å²) in [6.45, 7) is 0. The summed E-state index contributed by atoms with van der Waals surface area (Å²) >= 11 is 0. The summed E-state index contributed by atoms with van der Waals surface area (Å²) in [7, 11) is 1.50. The van der Waals surface area contributed by atoms with Crippen molar-refractivity contribution in [1.82, 2.24) is 0 Å². The fourth-order valence-corrected chi connectivity index (χ4v) is 1.52. The number of anilines is 2. The van der Waals surface area contributed by atoms with Crippen molar-refractivity contribution >= 4 is 17.5 Å². The average molecular weight is 244 g/mol. The SMILES string of the molecule is CN.O=C(O)N(c1ccccc1)c1ccccc1. The number of amides is 1. The highest BCUT2D eigenvalue weighted by molar-refractivity contribution is 5.94. The molecule has 0 spiro atoms.